The highest BCUT2D eigenvalue weighted by atomic mass is 16.5. The molecule has 1 heterocycles. The van der Waals surface area contributed by atoms with Gasteiger partial charge < -0.3 is 14.5 Å². The van der Waals surface area contributed by atoms with E-state index in [1.54, 1.807) is 13.4 Å². The van der Waals surface area contributed by atoms with Gasteiger partial charge in [-0.25, -0.2) is 4.98 Å². The molecule has 0 aliphatic carbocycles. The Kier molecular flexibility index (Phi) is 6.37. The molecule has 130 valence electrons. The molecule has 0 aliphatic heterocycles. The molecule has 0 bridgehead atoms. The Hall–Kier alpha value is -2.34. The number of benzene rings is 1. The van der Waals surface area contributed by atoms with E-state index in [1.165, 1.54) is 0 Å². The standard InChI is InChI=1S/C18H25N3O3/c1-5-21(11-17(22)19-13(2)3)10-15-12-24-18(20-15)14-6-8-16(23-4)9-7-14/h6-9,12-13H,5,10-11H2,1-4H3,(H,19,22). The van der Waals surface area contributed by atoms with Gasteiger partial charge in [0.2, 0.25) is 11.8 Å². The summed E-state index contributed by atoms with van der Waals surface area (Å²) in [6, 6.07) is 7.69. The summed E-state index contributed by atoms with van der Waals surface area (Å²) < 4.78 is 10.7. The largest absolute Gasteiger partial charge is 0.497 e. The summed E-state index contributed by atoms with van der Waals surface area (Å²) in [5.41, 5.74) is 1.70. The van der Waals surface area contributed by atoms with E-state index in [9.17, 15) is 4.79 Å². The van der Waals surface area contributed by atoms with E-state index in [0.29, 0.717) is 19.0 Å². The van der Waals surface area contributed by atoms with Crippen LogP contribution in [0.1, 0.15) is 26.5 Å². The van der Waals surface area contributed by atoms with E-state index in [2.05, 4.69) is 10.3 Å². The predicted molar refractivity (Wildman–Crippen MR) is 92.7 cm³/mol. The Labute approximate surface area is 142 Å². The number of oxazole rings is 1. The number of carbonyl (C=O) groups is 1. The molecule has 0 atom stereocenters. The van der Waals surface area contributed by atoms with Crippen molar-refractivity contribution in [2.75, 3.05) is 20.2 Å². The lowest BCUT2D eigenvalue weighted by atomic mass is 10.2. The quantitative estimate of drug-likeness (QED) is 0.805. The fourth-order valence-electron chi connectivity index (χ4n) is 2.33. The molecule has 1 N–H and O–H groups in total. The maximum absolute atomic E-state index is 11.9. The number of carbonyl (C=O) groups excluding carboxylic acids is 1. The van der Waals surface area contributed by atoms with Crippen LogP contribution in [0.3, 0.4) is 0 Å². The van der Waals surface area contributed by atoms with Crippen molar-refractivity contribution in [2.45, 2.75) is 33.4 Å². The van der Waals surface area contributed by atoms with Crippen LogP contribution < -0.4 is 10.1 Å². The molecule has 0 fully saturated rings. The second kappa shape index (κ2) is 8.49. The summed E-state index contributed by atoms with van der Waals surface area (Å²) >= 11 is 0. The lowest BCUT2D eigenvalue weighted by Crippen LogP contribution is -2.39. The Balaban J connectivity index is 1.99. The van der Waals surface area contributed by atoms with Gasteiger partial charge in [-0.05, 0) is 44.7 Å². The molecule has 0 saturated heterocycles. The predicted octanol–water partition coefficient (Wildman–Crippen LogP) is 2.70. The molecule has 0 unspecified atom stereocenters. The van der Waals surface area contributed by atoms with Gasteiger partial charge in [0.1, 0.15) is 12.0 Å². The fraction of sp³-hybridized carbons (Fsp3) is 0.444. The number of nitrogens with zero attached hydrogens (tertiary/aromatic N) is 2. The van der Waals surface area contributed by atoms with Gasteiger partial charge in [0.05, 0.1) is 19.3 Å². The van der Waals surface area contributed by atoms with Crippen molar-refractivity contribution in [3.63, 3.8) is 0 Å². The molecule has 0 aliphatic rings. The summed E-state index contributed by atoms with van der Waals surface area (Å²) in [7, 11) is 1.63. The van der Waals surface area contributed by atoms with Crippen molar-refractivity contribution in [1.29, 1.82) is 0 Å². The zero-order chi connectivity index (χ0) is 17.5. The maximum atomic E-state index is 11.9. The molecule has 2 rings (SSSR count). The van der Waals surface area contributed by atoms with Gasteiger partial charge in [-0.1, -0.05) is 6.92 Å². The molecular formula is C18H25N3O3. The van der Waals surface area contributed by atoms with Crippen LogP contribution in [0.2, 0.25) is 0 Å². The summed E-state index contributed by atoms with van der Waals surface area (Å²) in [4.78, 5) is 18.4. The number of aromatic nitrogens is 1. The number of amides is 1. The van der Waals surface area contributed by atoms with Crippen LogP contribution in [-0.2, 0) is 11.3 Å². The van der Waals surface area contributed by atoms with Crippen LogP contribution in [0.15, 0.2) is 34.9 Å². The van der Waals surface area contributed by atoms with E-state index in [1.807, 2.05) is 49.9 Å². The maximum Gasteiger partial charge on any atom is 0.234 e. The number of likely N-dealkylation sites (N-methyl/N-ethyl adjacent to an activating group) is 1. The van der Waals surface area contributed by atoms with Gasteiger partial charge in [-0.2, -0.15) is 0 Å². The van der Waals surface area contributed by atoms with E-state index in [4.69, 9.17) is 9.15 Å². The first-order chi connectivity index (χ1) is 11.5. The van der Waals surface area contributed by atoms with E-state index in [-0.39, 0.29) is 11.9 Å². The average molecular weight is 331 g/mol. The SMILES string of the molecule is CCN(CC(=O)NC(C)C)Cc1coc(-c2ccc(OC)cc2)n1. The molecule has 6 heteroatoms. The van der Waals surface area contributed by atoms with E-state index >= 15 is 0 Å². The molecule has 24 heavy (non-hydrogen) atoms. The molecule has 1 amide bonds. The highest BCUT2D eigenvalue weighted by molar-refractivity contribution is 5.78. The molecule has 2 aromatic rings. The third-order valence-electron chi connectivity index (χ3n) is 3.54. The molecule has 0 spiro atoms. The zero-order valence-electron chi connectivity index (χ0n) is 14.7. The van der Waals surface area contributed by atoms with Crippen molar-refractivity contribution < 1.29 is 13.9 Å². The second-order valence-corrected chi connectivity index (χ2v) is 5.90. The van der Waals surface area contributed by atoms with Crippen LogP contribution in [0.5, 0.6) is 5.75 Å². The smallest absolute Gasteiger partial charge is 0.234 e. The Morgan fingerprint density at radius 3 is 2.62 bits per heavy atom. The van der Waals surface area contributed by atoms with Crippen LogP contribution in [0.4, 0.5) is 0 Å². The van der Waals surface area contributed by atoms with E-state index in [0.717, 1.165) is 23.6 Å². The lowest BCUT2D eigenvalue weighted by molar-refractivity contribution is -0.122. The first-order valence-electron chi connectivity index (χ1n) is 8.12. The van der Waals surface area contributed by atoms with Gasteiger partial charge in [0.25, 0.3) is 0 Å². The summed E-state index contributed by atoms with van der Waals surface area (Å²) in [6.45, 7) is 7.60. The first-order valence-corrected chi connectivity index (χ1v) is 8.12. The van der Waals surface area contributed by atoms with Gasteiger partial charge in [0, 0.05) is 18.2 Å². The van der Waals surface area contributed by atoms with Crippen LogP contribution in [-0.4, -0.2) is 42.0 Å². The highest BCUT2D eigenvalue weighted by Crippen LogP contribution is 2.22. The molecule has 1 aromatic carbocycles. The number of rotatable bonds is 8. The fourth-order valence-corrected chi connectivity index (χ4v) is 2.33. The topological polar surface area (TPSA) is 67.6 Å². The molecule has 0 saturated carbocycles. The number of methoxy groups -OCH3 is 1. The first kappa shape index (κ1) is 18.0. The minimum absolute atomic E-state index is 0.0192. The number of hydrogen-bond acceptors (Lipinski definition) is 5. The number of nitrogens with one attached hydrogen (secondary N) is 1. The highest BCUT2D eigenvalue weighted by Gasteiger charge is 2.13. The zero-order valence-corrected chi connectivity index (χ0v) is 14.7. The van der Waals surface area contributed by atoms with Crippen molar-refractivity contribution in [3.8, 4) is 17.2 Å². The third kappa shape index (κ3) is 5.09. The lowest BCUT2D eigenvalue weighted by Gasteiger charge is -2.19. The number of ether oxygens (including phenoxy) is 1. The van der Waals surface area contributed by atoms with Gasteiger partial charge in [-0.3, -0.25) is 9.69 Å². The van der Waals surface area contributed by atoms with Crippen LogP contribution >= 0.6 is 0 Å². The summed E-state index contributed by atoms with van der Waals surface area (Å²) in [6.07, 6.45) is 1.64. The minimum atomic E-state index is 0.0192. The van der Waals surface area contributed by atoms with Crippen molar-refractivity contribution in [3.05, 3.63) is 36.2 Å². The van der Waals surface area contributed by atoms with Crippen molar-refractivity contribution >= 4 is 5.91 Å². The third-order valence-corrected chi connectivity index (χ3v) is 3.54. The average Bonchev–Trinajstić information content (AvgIpc) is 3.02. The molecular weight excluding hydrogens is 306 g/mol. The van der Waals surface area contributed by atoms with Crippen LogP contribution in [0, 0.1) is 0 Å². The Morgan fingerprint density at radius 1 is 1.33 bits per heavy atom. The van der Waals surface area contributed by atoms with Gasteiger partial charge >= 0.3 is 0 Å². The molecule has 1 aromatic heterocycles. The Morgan fingerprint density at radius 2 is 2.04 bits per heavy atom. The minimum Gasteiger partial charge on any atom is -0.497 e. The monoisotopic (exact) mass is 331 g/mol. The van der Waals surface area contributed by atoms with E-state index < -0.39 is 0 Å². The Bertz CT molecular complexity index is 650. The van der Waals surface area contributed by atoms with Gasteiger partial charge in [0.15, 0.2) is 0 Å². The molecule has 6 nitrogen and oxygen atoms in total. The normalized spacial score (nSPS) is 11.1. The van der Waals surface area contributed by atoms with Crippen LogP contribution in [0.25, 0.3) is 11.5 Å². The summed E-state index contributed by atoms with van der Waals surface area (Å²) in [5, 5.41) is 2.90. The van der Waals surface area contributed by atoms with Crippen molar-refractivity contribution in [2.24, 2.45) is 0 Å². The number of hydrogen-bond donors (Lipinski definition) is 1. The van der Waals surface area contributed by atoms with Gasteiger partial charge in [-0.15, -0.1) is 0 Å². The molecule has 0 radical (unpaired) electrons. The second-order valence-electron chi connectivity index (χ2n) is 5.90. The van der Waals surface area contributed by atoms with Crippen molar-refractivity contribution in [1.82, 2.24) is 15.2 Å². The summed E-state index contributed by atoms with van der Waals surface area (Å²) in [5.74, 6) is 1.37.